The third-order valence-corrected chi connectivity index (χ3v) is 2.90. The van der Waals surface area contributed by atoms with Crippen LogP contribution >= 0.6 is 0 Å². The van der Waals surface area contributed by atoms with E-state index >= 15 is 0 Å². The third kappa shape index (κ3) is 2.27. The van der Waals surface area contributed by atoms with Gasteiger partial charge in [-0.25, -0.2) is 0 Å². The molecule has 1 aromatic heterocycles. The van der Waals surface area contributed by atoms with Crippen molar-refractivity contribution in [2.24, 2.45) is 0 Å². The van der Waals surface area contributed by atoms with Crippen molar-refractivity contribution in [2.45, 2.75) is 32.7 Å². The predicted octanol–water partition coefficient (Wildman–Crippen LogP) is 1.68. The van der Waals surface area contributed by atoms with Crippen molar-refractivity contribution < 1.29 is 14.3 Å². The Morgan fingerprint density at radius 3 is 2.69 bits per heavy atom. The maximum absolute atomic E-state index is 12.1. The average molecular weight is 225 g/mol. The number of nitrogens with zero attached hydrogens (tertiary/aromatic N) is 1. The second-order valence-corrected chi connectivity index (χ2v) is 4.45. The van der Waals surface area contributed by atoms with Gasteiger partial charge in [0.2, 0.25) is 0 Å². The van der Waals surface area contributed by atoms with E-state index in [2.05, 4.69) is 0 Å². The highest BCUT2D eigenvalue weighted by molar-refractivity contribution is 5.95. The Morgan fingerprint density at radius 1 is 1.56 bits per heavy atom. The lowest BCUT2D eigenvalue weighted by atomic mass is 10.0. The first-order valence-corrected chi connectivity index (χ1v) is 5.39. The normalized spacial score (nSPS) is 11.6. The van der Waals surface area contributed by atoms with Gasteiger partial charge >= 0.3 is 0 Å². The molecule has 0 fully saturated rings. The van der Waals surface area contributed by atoms with Gasteiger partial charge in [0.05, 0.1) is 24.0 Å². The van der Waals surface area contributed by atoms with Crippen LogP contribution in [0.1, 0.15) is 36.9 Å². The lowest BCUT2D eigenvalue weighted by Crippen LogP contribution is -2.47. The Balaban J connectivity index is 2.95. The summed E-state index contributed by atoms with van der Waals surface area (Å²) in [7, 11) is 1.69. The summed E-state index contributed by atoms with van der Waals surface area (Å²) in [4.78, 5) is 13.7. The molecule has 90 valence electrons. The van der Waals surface area contributed by atoms with E-state index in [0.717, 1.165) is 0 Å². The largest absolute Gasteiger partial charge is 0.469 e. The molecule has 4 nitrogen and oxygen atoms in total. The molecule has 1 N–H and O–H groups in total. The smallest absolute Gasteiger partial charge is 0.257 e. The highest BCUT2D eigenvalue weighted by Crippen LogP contribution is 2.19. The summed E-state index contributed by atoms with van der Waals surface area (Å²) in [6, 6.07) is 1.67. The summed E-state index contributed by atoms with van der Waals surface area (Å²) in [6.07, 6.45) is 2.20. The number of hydrogen-bond donors (Lipinski definition) is 1. The Hall–Kier alpha value is -1.29. The second kappa shape index (κ2) is 4.70. The van der Waals surface area contributed by atoms with Crippen LogP contribution in [0.2, 0.25) is 0 Å². The summed E-state index contributed by atoms with van der Waals surface area (Å²) in [5.74, 6) is 0.565. The number of furan rings is 1. The minimum atomic E-state index is -0.570. The van der Waals surface area contributed by atoms with Gasteiger partial charge in [0.1, 0.15) is 5.76 Å². The number of aliphatic hydroxyl groups excluding tert-OH is 1. The topological polar surface area (TPSA) is 53.7 Å². The van der Waals surface area contributed by atoms with Crippen molar-refractivity contribution >= 4 is 5.91 Å². The number of aliphatic hydroxyl groups is 1. The number of hydrogen-bond acceptors (Lipinski definition) is 3. The van der Waals surface area contributed by atoms with Gasteiger partial charge in [-0.3, -0.25) is 4.79 Å². The van der Waals surface area contributed by atoms with Crippen LogP contribution in [0.25, 0.3) is 0 Å². The quantitative estimate of drug-likeness (QED) is 0.848. The van der Waals surface area contributed by atoms with Gasteiger partial charge in [-0.2, -0.15) is 0 Å². The number of likely N-dealkylation sites (N-methyl/N-ethyl adjacent to an activating group) is 1. The number of rotatable bonds is 4. The standard InChI is InChI=1S/C12H19NO3/c1-5-10-9(6-7-16-10)11(15)13(4)12(2,3)8-14/h6-7,14H,5,8H2,1-4H3. The van der Waals surface area contributed by atoms with E-state index in [1.165, 1.54) is 11.2 Å². The molecule has 0 aliphatic rings. The molecule has 0 saturated carbocycles. The molecule has 0 aliphatic carbocycles. The first-order chi connectivity index (χ1) is 7.44. The molecule has 0 radical (unpaired) electrons. The van der Waals surface area contributed by atoms with Crippen molar-refractivity contribution in [1.82, 2.24) is 4.90 Å². The molecule has 0 unspecified atom stereocenters. The number of aryl methyl sites for hydroxylation is 1. The minimum absolute atomic E-state index is 0.0749. The van der Waals surface area contributed by atoms with Crippen molar-refractivity contribution in [2.75, 3.05) is 13.7 Å². The Morgan fingerprint density at radius 2 is 2.19 bits per heavy atom. The van der Waals surface area contributed by atoms with Crippen LogP contribution in [0.4, 0.5) is 0 Å². The summed E-state index contributed by atoms with van der Waals surface area (Å²) >= 11 is 0. The fourth-order valence-corrected chi connectivity index (χ4v) is 1.37. The lowest BCUT2D eigenvalue weighted by molar-refractivity contribution is 0.0471. The van der Waals surface area contributed by atoms with E-state index in [9.17, 15) is 9.90 Å². The monoisotopic (exact) mass is 225 g/mol. The third-order valence-electron chi connectivity index (χ3n) is 2.90. The van der Waals surface area contributed by atoms with Crippen LogP contribution in [-0.4, -0.2) is 35.1 Å². The van der Waals surface area contributed by atoms with E-state index in [0.29, 0.717) is 17.7 Å². The van der Waals surface area contributed by atoms with Crippen LogP contribution in [-0.2, 0) is 6.42 Å². The molecule has 1 aromatic rings. The van der Waals surface area contributed by atoms with Crippen LogP contribution in [0.15, 0.2) is 16.7 Å². The fraction of sp³-hybridized carbons (Fsp3) is 0.583. The molecule has 1 heterocycles. The van der Waals surface area contributed by atoms with Crippen molar-refractivity contribution in [3.8, 4) is 0 Å². The molecule has 1 rings (SSSR count). The number of carbonyl (C=O) groups is 1. The van der Waals surface area contributed by atoms with E-state index in [1.807, 2.05) is 20.8 Å². The van der Waals surface area contributed by atoms with Gasteiger partial charge in [-0.15, -0.1) is 0 Å². The van der Waals surface area contributed by atoms with Gasteiger partial charge in [-0.1, -0.05) is 6.92 Å². The Labute approximate surface area is 95.9 Å². The molecule has 0 atom stereocenters. The van der Waals surface area contributed by atoms with Crippen LogP contribution < -0.4 is 0 Å². The first-order valence-electron chi connectivity index (χ1n) is 5.39. The molecule has 0 aliphatic heterocycles. The summed E-state index contributed by atoms with van der Waals surface area (Å²) in [5, 5.41) is 9.22. The fourth-order valence-electron chi connectivity index (χ4n) is 1.37. The van der Waals surface area contributed by atoms with E-state index in [-0.39, 0.29) is 12.5 Å². The lowest BCUT2D eigenvalue weighted by Gasteiger charge is -2.33. The van der Waals surface area contributed by atoms with Gasteiger partial charge in [0, 0.05) is 13.5 Å². The van der Waals surface area contributed by atoms with E-state index in [4.69, 9.17) is 4.42 Å². The van der Waals surface area contributed by atoms with Crippen LogP contribution in [0, 0.1) is 0 Å². The van der Waals surface area contributed by atoms with Gasteiger partial charge in [-0.05, 0) is 19.9 Å². The Bertz CT molecular complexity index is 368. The molecule has 16 heavy (non-hydrogen) atoms. The minimum Gasteiger partial charge on any atom is -0.469 e. The molecule has 1 amide bonds. The van der Waals surface area contributed by atoms with Gasteiger partial charge in [0.15, 0.2) is 0 Å². The molecule has 0 saturated heterocycles. The Kier molecular flexibility index (Phi) is 3.75. The highest BCUT2D eigenvalue weighted by atomic mass is 16.3. The summed E-state index contributed by atoms with van der Waals surface area (Å²) < 4.78 is 5.22. The maximum atomic E-state index is 12.1. The SMILES string of the molecule is CCc1occc1C(=O)N(C)C(C)(C)CO. The summed E-state index contributed by atoms with van der Waals surface area (Å²) in [5.41, 5.74) is 0.00541. The zero-order chi connectivity index (χ0) is 12.3. The molecule has 4 heteroatoms. The molecule has 0 spiro atoms. The van der Waals surface area contributed by atoms with Crippen molar-refractivity contribution in [1.29, 1.82) is 0 Å². The van der Waals surface area contributed by atoms with E-state index in [1.54, 1.807) is 13.1 Å². The number of carbonyl (C=O) groups excluding carboxylic acids is 1. The number of amides is 1. The predicted molar refractivity (Wildman–Crippen MR) is 61.3 cm³/mol. The average Bonchev–Trinajstić information content (AvgIpc) is 2.74. The maximum Gasteiger partial charge on any atom is 0.257 e. The summed E-state index contributed by atoms with van der Waals surface area (Å²) in [6.45, 7) is 5.49. The zero-order valence-corrected chi connectivity index (χ0v) is 10.3. The van der Waals surface area contributed by atoms with Crippen molar-refractivity contribution in [3.05, 3.63) is 23.7 Å². The van der Waals surface area contributed by atoms with Gasteiger partial charge < -0.3 is 14.4 Å². The highest BCUT2D eigenvalue weighted by Gasteiger charge is 2.29. The van der Waals surface area contributed by atoms with Crippen LogP contribution in [0.5, 0.6) is 0 Å². The zero-order valence-electron chi connectivity index (χ0n) is 10.3. The van der Waals surface area contributed by atoms with Gasteiger partial charge in [0.25, 0.3) is 5.91 Å². The molecular weight excluding hydrogens is 206 g/mol. The molecule has 0 bridgehead atoms. The van der Waals surface area contributed by atoms with Crippen LogP contribution in [0.3, 0.4) is 0 Å². The second-order valence-electron chi connectivity index (χ2n) is 4.45. The van der Waals surface area contributed by atoms with Crippen molar-refractivity contribution in [3.63, 3.8) is 0 Å². The molecule has 0 aromatic carbocycles. The molecular formula is C12H19NO3. The van der Waals surface area contributed by atoms with E-state index < -0.39 is 5.54 Å². The first kappa shape index (κ1) is 12.8.